The molecule has 1 aliphatic rings. The predicted octanol–water partition coefficient (Wildman–Crippen LogP) is 5.01. The fraction of sp³-hybridized carbons (Fsp3) is 0.562. The summed E-state index contributed by atoms with van der Waals surface area (Å²) in [5, 5.41) is 20.8. The molecule has 0 aliphatic heterocycles. The molecule has 0 unspecified atom stereocenters. The third-order valence-electron chi connectivity index (χ3n) is 4.65. The summed E-state index contributed by atoms with van der Waals surface area (Å²) >= 11 is 3.27. The van der Waals surface area contributed by atoms with Crippen molar-refractivity contribution in [2.75, 3.05) is 0 Å². The first-order valence-corrected chi connectivity index (χ1v) is 8.13. The van der Waals surface area contributed by atoms with Crippen molar-refractivity contribution in [1.82, 2.24) is 0 Å². The van der Waals surface area contributed by atoms with Crippen molar-refractivity contribution in [2.24, 2.45) is 11.3 Å². The van der Waals surface area contributed by atoms with Gasteiger partial charge in [0.25, 0.3) is 5.69 Å². The topological polar surface area (TPSA) is 66.9 Å². The highest BCUT2D eigenvalue weighted by molar-refractivity contribution is 9.10. The lowest BCUT2D eigenvalue weighted by atomic mass is 9.68. The molecule has 0 N–H and O–H groups in total. The Morgan fingerprint density at radius 2 is 2.14 bits per heavy atom. The Morgan fingerprint density at radius 1 is 1.48 bits per heavy atom. The molecule has 0 bridgehead atoms. The molecule has 112 valence electrons. The number of nitriles is 1. The van der Waals surface area contributed by atoms with Gasteiger partial charge in [0, 0.05) is 16.1 Å². The summed E-state index contributed by atoms with van der Waals surface area (Å²) in [5.41, 5.74) is 0.334. The van der Waals surface area contributed by atoms with Crippen molar-refractivity contribution in [3.05, 3.63) is 38.3 Å². The van der Waals surface area contributed by atoms with E-state index >= 15 is 0 Å². The van der Waals surface area contributed by atoms with Gasteiger partial charge in [-0.15, -0.1) is 0 Å². The quantitative estimate of drug-likeness (QED) is 0.566. The highest BCUT2D eigenvalue weighted by Crippen LogP contribution is 2.43. The van der Waals surface area contributed by atoms with E-state index < -0.39 is 5.41 Å². The molecule has 0 saturated heterocycles. The van der Waals surface area contributed by atoms with Crippen molar-refractivity contribution >= 4 is 21.6 Å². The van der Waals surface area contributed by atoms with Crippen LogP contribution < -0.4 is 0 Å². The van der Waals surface area contributed by atoms with Crippen LogP contribution in [0.4, 0.5) is 5.69 Å². The molecule has 1 aromatic carbocycles. The van der Waals surface area contributed by atoms with Gasteiger partial charge in [-0.1, -0.05) is 35.3 Å². The van der Waals surface area contributed by atoms with Gasteiger partial charge in [-0.2, -0.15) is 5.26 Å². The van der Waals surface area contributed by atoms with Crippen LogP contribution >= 0.6 is 15.9 Å². The van der Waals surface area contributed by atoms with Crippen LogP contribution in [0.25, 0.3) is 0 Å². The van der Waals surface area contributed by atoms with Gasteiger partial charge < -0.3 is 0 Å². The molecule has 0 spiro atoms. The zero-order valence-electron chi connectivity index (χ0n) is 12.1. The highest BCUT2D eigenvalue weighted by atomic mass is 79.9. The van der Waals surface area contributed by atoms with Gasteiger partial charge in [0.1, 0.15) is 0 Å². The fourth-order valence-electron chi connectivity index (χ4n) is 3.19. The van der Waals surface area contributed by atoms with Crippen molar-refractivity contribution in [2.45, 2.75) is 45.4 Å². The van der Waals surface area contributed by atoms with E-state index in [1.54, 1.807) is 6.07 Å². The van der Waals surface area contributed by atoms with E-state index in [9.17, 15) is 15.4 Å². The van der Waals surface area contributed by atoms with E-state index in [0.717, 1.165) is 32.1 Å². The Labute approximate surface area is 133 Å². The number of nitro benzene ring substituents is 1. The largest absolute Gasteiger partial charge is 0.273 e. The van der Waals surface area contributed by atoms with Crippen LogP contribution in [0.1, 0.15) is 44.6 Å². The third-order valence-corrected chi connectivity index (χ3v) is 5.14. The van der Waals surface area contributed by atoms with Crippen LogP contribution in [-0.4, -0.2) is 4.92 Å². The van der Waals surface area contributed by atoms with Crippen LogP contribution in [0.3, 0.4) is 0 Å². The Kier molecular flexibility index (Phi) is 5.00. The first-order valence-electron chi connectivity index (χ1n) is 7.34. The fourth-order valence-corrected chi connectivity index (χ4v) is 3.54. The maximum absolute atomic E-state index is 11.2. The molecule has 0 aromatic heterocycles. The first-order chi connectivity index (χ1) is 9.99. The zero-order chi connectivity index (χ0) is 15.5. The number of nitro groups is 1. The second kappa shape index (κ2) is 6.57. The summed E-state index contributed by atoms with van der Waals surface area (Å²) in [5.74, 6) is 0.700. The minimum Gasteiger partial charge on any atom is -0.258 e. The Bertz CT molecular complexity index is 572. The number of halogens is 1. The molecule has 1 aliphatic carbocycles. The van der Waals surface area contributed by atoms with E-state index in [2.05, 4.69) is 28.9 Å². The first kappa shape index (κ1) is 16.0. The highest BCUT2D eigenvalue weighted by Gasteiger charge is 2.36. The number of nitrogens with zero attached hydrogens (tertiary/aromatic N) is 2. The molecule has 0 atom stereocenters. The van der Waals surface area contributed by atoms with Crippen LogP contribution in [-0.2, 0) is 6.42 Å². The maximum Gasteiger partial charge on any atom is 0.273 e. The van der Waals surface area contributed by atoms with Gasteiger partial charge in [-0.05, 0) is 44.1 Å². The summed E-state index contributed by atoms with van der Waals surface area (Å²) in [4.78, 5) is 10.9. The molecule has 0 radical (unpaired) electrons. The van der Waals surface area contributed by atoms with Crippen molar-refractivity contribution in [3.8, 4) is 6.07 Å². The maximum atomic E-state index is 11.2. The molecule has 2 rings (SSSR count). The summed E-state index contributed by atoms with van der Waals surface area (Å²) in [6, 6.07) is 7.56. The number of benzene rings is 1. The van der Waals surface area contributed by atoms with E-state index in [-0.39, 0.29) is 10.6 Å². The summed E-state index contributed by atoms with van der Waals surface area (Å²) < 4.78 is 0.693. The van der Waals surface area contributed by atoms with Crippen LogP contribution in [0.15, 0.2) is 22.7 Å². The van der Waals surface area contributed by atoms with Crippen molar-refractivity contribution in [3.63, 3.8) is 0 Å². The minimum atomic E-state index is -0.440. The predicted molar refractivity (Wildman–Crippen MR) is 84.8 cm³/mol. The second-order valence-corrected chi connectivity index (χ2v) is 6.87. The molecule has 5 heteroatoms. The summed E-state index contributed by atoms with van der Waals surface area (Å²) in [6.45, 7) is 2.18. The minimum absolute atomic E-state index is 0.108. The van der Waals surface area contributed by atoms with Gasteiger partial charge in [-0.3, -0.25) is 10.1 Å². The van der Waals surface area contributed by atoms with E-state index in [1.165, 1.54) is 6.07 Å². The molecular formula is C16H19BrN2O2. The monoisotopic (exact) mass is 350 g/mol. The van der Waals surface area contributed by atoms with Gasteiger partial charge in [0.15, 0.2) is 0 Å². The van der Waals surface area contributed by atoms with Crippen LogP contribution in [0, 0.1) is 32.8 Å². The standard InChI is InChI=1S/C16H19BrN2O2/c1-2-12-5-7-16(11-18,8-6-12)10-13-3-4-14(17)9-15(13)19(20)21/h3-4,9,12H,2,5-8,10H2,1H3. The lowest BCUT2D eigenvalue weighted by Gasteiger charge is -2.34. The lowest BCUT2D eigenvalue weighted by Crippen LogP contribution is -2.28. The molecule has 1 saturated carbocycles. The van der Waals surface area contributed by atoms with Crippen LogP contribution in [0.2, 0.25) is 0 Å². The number of hydrogen-bond acceptors (Lipinski definition) is 3. The number of rotatable bonds is 4. The molecule has 1 aromatic rings. The normalized spacial score (nSPS) is 25.3. The molecule has 0 amide bonds. The summed E-state index contributed by atoms with van der Waals surface area (Å²) in [7, 11) is 0. The van der Waals surface area contributed by atoms with Gasteiger partial charge >= 0.3 is 0 Å². The molecule has 0 heterocycles. The Balaban J connectivity index is 2.24. The second-order valence-electron chi connectivity index (χ2n) is 5.95. The molecular weight excluding hydrogens is 332 g/mol. The van der Waals surface area contributed by atoms with Crippen molar-refractivity contribution in [1.29, 1.82) is 5.26 Å². The van der Waals surface area contributed by atoms with Crippen LogP contribution in [0.5, 0.6) is 0 Å². The van der Waals surface area contributed by atoms with Gasteiger partial charge in [-0.25, -0.2) is 0 Å². The smallest absolute Gasteiger partial charge is 0.258 e. The van der Waals surface area contributed by atoms with Crippen molar-refractivity contribution < 1.29 is 4.92 Å². The van der Waals surface area contributed by atoms with E-state index in [4.69, 9.17) is 0 Å². The van der Waals surface area contributed by atoms with E-state index in [0.29, 0.717) is 22.4 Å². The van der Waals surface area contributed by atoms with Gasteiger partial charge in [0.05, 0.1) is 16.4 Å². The molecule has 21 heavy (non-hydrogen) atoms. The average Bonchev–Trinajstić information content (AvgIpc) is 2.49. The molecule has 1 fully saturated rings. The summed E-state index contributed by atoms with van der Waals surface area (Å²) in [6.07, 6.45) is 5.41. The third kappa shape index (κ3) is 3.62. The number of hydrogen-bond donors (Lipinski definition) is 0. The Hall–Kier alpha value is -1.41. The Morgan fingerprint density at radius 3 is 2.67 bits per heavy atom. The molecule has 4 nitrogen and oxygen atoms in total. The average molecular weight is 351 g/mol. The SMILES string of the molecule is CCC1CCC(C#N)(Cc2ccc(Br)cc2[N+](=O)[O-])CC1. The van der Waals surface area contributed by atoms with E-state index in [1.807, 2.05) is 6.07 Å². The zero-order valence-corrected chi connectivity index (χ0v) is 13.7. The van der Waals surface area contributed by atoms with Gasteiger partial charge in [0.2, 0.25) is 0 Å². The lowest BCUT2D eigenvalue weighted by molar-refractivity contribution is -0.385.